The predicted molar refractivity (Wildman–Crippen MR) is 134 cm³/mol. The van der Waals surface area contributed by atoms with Gasteiger partial charge >= 0.3 is 228 Å². The number of nitrogens with zero attached hydrogens (tertiary/aromatic N) is 3. The quantitative estimate of drug-likeness (QED) is 0.276. The van der Waals surface area contributed by atoms with Gasteiger partial charge in [0.05, 0.1) is 0 Å². The number of benzene rings is 2. The van der Waals surface area contributed by atoms with Crippen LogP contribution >= 0.6 is 0 Å². The molecule has 0 saturated carbocycles. The van der Waals surface area contributed by atoms with E-state index in [-0.39, 0.29) is 63.5 Å². The summed E-state index contributed by atoms with van der Waals surface area (Å²) in [6, 6.07) is 9.42. The van der Waals surface area contributed by atoms with Crippen LogP contribution in [0.4, 0.5) is 5.69 Å². The first-order valence-corrected chi connectivity index (χ1v) is 15.0. The van der Waals surface area contributed by atoms with Gasteiger partial charge < -0.3 is 0 Å². The van der Waals surface area contributed by atoms with Crippen molar-refractivity contribution in [3.05, 3.63) is 68.8 Å². The van der Waals surface area contributed by atoms with Crippen molar-refractivity contribution in [1.29, 1.82) is 0 Å². The molecule has 2 heterocycles. The van der Waals surface area contributed by atoms with Crippen LogP contribution in [-0.4, -0.2) is 51.3 Å². The fourth-order valence-electron chi connectivity index (χ4n) is 4.69. The molecule has 0 aromatic heterocycles. The molecule has 1 aliphatic carbocycles. The molecule has 0 amide bonds. The maximum absolute atomic E-state index is 12.1. The second-order valence-corrected chi connectivity index (χ2v) is 13.0. The summed E-state index contributed by atoms with van der Waals surface area (Å²) in [7, 11) is 0. The van der Waals surface area contributed by atoms with Crippen LogP contribution in [0.5, 0.6) is 0 Å². The van der Waals surface area contributed by atoms with E-state index in [1.54, 1.807) is 0 Å². The van der Waals surface area contributed by atoms with Crippen LogP contribution in [0.1, 0.15) is 56.0 Å². The topological polar surface area (TPSA) is 159 Å². The number of ether oxygens (including phenoxy) is 2. The van der Waals surface area contributed by atoms with Crippen LogP contribution < -0.4 is 4.16 Å². The Bertz CT molecular complexity index is 1420. The number of fused-ring (bicyclic) bond motifs is 3. The Kier molecular flexibility index (Phi) is 6.98. The molecule has 1 N–H and O–H groups in total. The number of rotatable bonds is 7. The monoisotopic (exact) mass is 628 g/mol. The number of nitro groups is 1. The van der Waals surface area contributed by atoms with Gasteiger partial charge in [-0.15, -0.1) is 0 Å². The molecule has 3 atom stereocenters. The maximum atomic E-state index is 12.1. The number of hydrogen-bond donors (Lipinski definition) is 1. The van der Waals surface area contributed by atoms with Crippen LogP contribution in [0.25, 0.3) is 0 Å². The standard InChI is InChI=1S/C22H20N3O4.2C2H4O2.H2O.Rh/c1-12(2)18-11-28-21(23-18)14-7-15(9-16(8-14)25(26)27)22-24-20-17-6-4-3-5-13(17)10-19(20)29-22;2*1-2(3)4;;/h3-6,8-9,12,18-20H,10-11H2,1-2H3;2*1H3,(H,3,4);1H2;/q;;;;+3/p-3/t18-,19-,20+;;;;/m1..../s1. The first-order valence-electron chi connectivity index (χ1n) is 12.2. The van der Waals surface area contributed by atoms with Gasteiger partial charge in [-0.1, -0.05) is 0 Å². The van der Waals surface area contributed by atoms with E-state index >= 15 is 0 Å². The van der Waals surface area contributed by atoms with E-state index in [4.69, 9.17) is 21.6 Å². The average Bonchev–Trinajstić information content (AvgIpc) is 3.57. The molecule has 0 radical (unpaired) electrons. The molecule has 2 aromatic carbocycles. The molecule has 12 nitrogen and oxygen atoms in total. The van der Waals surface area contributed by atoms with Crippen molar-refractivity contribution < 1.29 is 50.9 Å². The molecular formula is C26H27N3O9Rh. The first-order chi connectivity index (χ1) is 18.5. The van der Waals surface area contributed by atoms with Gasteiger partial charge in [0, 0.05) is 0 Å². The van der Waals surface area contributed by atoms with Crippen LogP contribution in [0.2, 0.25) is 0 Å². The van der Waals surface area contributed by atoms with Crippen LogP contribution in [0.3, 0.4) is 0 Å². The summed E-state index contributed by atoms with van der Waals surface area (Å²) in [5, 5.41) is 12.0. The zero-order valence-corrected chi connectivity index (χ0v) is 23.2. The summed E-state index contributed by atoms with van der Waals surface area (Å²) in [6.45, 7) is 6.21. The summed E-state index contributed by atoms with van der Waals surface area (Å²) in [4.78, 5) is 45.0. The molecule has 0 fully saturated rings. The molecule has 209 valence electrons. The van der Waals surface area contributed by atoms with Crippen LogP contribution in [0, 0.1) is 16.0 Å². The van der Waals surface area contributed by atoms with Gasteiger partial charge in [0.15, 0.2) is 0 Å². The van der Waals surface area contributed by atoms with Crippen molar-refractivity contribution in [1.82, 2.24) is 0 Å². The number of carbonyl (C=O) groups is 2. The first kappa shape index (κ1) is 26.9. The molecule has 3 aliphatic rings. The summed E-state index contributed by atoms with van der Waals surface area (Å²) in [5.74, 6) is -1.75. The van der Waals surface area contributed by atoms with Crippen molar-refractivity contribution >= 4 is 33.6 Å². The number of nitro benzene ring substituents is 1. The Morgan fingerprint density at radius 1 is 1.10 bits per heavy atom. The summed E-state index contributed by atoms with van der Waals surface area (Å²) < 4.78 is 34.2. The molecule has 13 heteroatoms. The molecule has 39 heavy (non-hydrogen) atoms. The van der Waals surface area contributed by atoms with Gasteiger partial charge in [0.1, 0.15) is 0 Å². The second-order valence-electron chi connectivity index (χ2n) is 9.59. The average molecular weight is 628 g/mol. The zero-order chi connectivity index (χ0) is 28.1. The van der Waals surface area contributed by atoms with Crippen molar-refractivity contribution in [2.24, 2.45) is 15.9 Å². The molecule has 2 aliphatic heterocycles. The fraction of sp³-hybridized carbons (Fsp3) is 0.385. The van der Waals surface area contributed by atoms with Crippen molar-refractivity contribution in [3.8, 4) is 0 Å². The Balaban J connectivity index is 1.76. The van der Waals surface area contributed by atoms with Crippen molar-refractivity contribution in [3.63, 3.8) is 0 Å². The number of hydrogen-bond acceptors (Lipinski definition) is 11. The summed E-state index contributed by atoms with van der Waals surface area (Å²) >= 11 is -5.23. The molecule has 0 unspecified atom stereocenters. The van der Waals surface area contributed by atoms with Gasteiger partial charge in [0.25, 0.3) is 0 Å². The van der Waals surface area contributed by atoms with Gasteiger partial charge in [-0.3, -0.25) is 0 Å². The Hall–Kier alpha value is -3.70. The van der Waals surface area contributed by atoms with E-state index in [0.717, 1.165) is 37.1 Å². The summed E-state index contributed by atoms with van der Waals surface area (Å²) in [6.07, 6.45) is 0.187. The third-order valence-corrected chi connectivity index (χ3v) is 10.2. The van der Waals surface area contributed by atoms with Crippen LogP contribution in [0.15, 0.2) is 46.4 Å². The SMILES string of the molecule is CC(=O)[O][Rh]([OH])([O]C(C)=O)[c]1c(C2=N[C@@H](C(C)C)CO2)cc([N+](=O)[O-])cc1C1=N[C@H]2c3ccccc3C[C@H]2O1. The van der Waals surface area contributed by atoms with E-state index in [9.17, 15) is 23.6 Å². The third kappa shape index (κ3) is 5.04. The van der Waals surface area contributed by atoms with E-state index in [1.165, 1.54) is 0 Å². The Morgan fingerprint density at radius 3 is 2.33 bits per heavy atom. The molecule has 2 aromatic rings. The fourth-order valence-corrected chi connectivity index (χ4v) is 8.07. The van der Waals surface area contributed by atoms with E-state index in [2.05, 4.69) is 4.99 Å². The predicted octanol–water partition coefficient (Wildman–Crippen LogP) is 2.48. The molecular weight excluding hydrogens is 601 g/mol. The van der Waals surface area contributed by atoms with E-state index < -0.39 is 32.7 Å². The minimum atomic E-state index is -5.23. The molecule has 0 bridgehead atoms. The van der Waals surface area contributed by atoms with Gasteiger partial charge in [-0.2, -0.15) is 0 Å². The van der Waals surface area contributed by atoms with Gasteiger partial charge in [-0.05, 0) is 0 Å². The Labute approximate surface area is 227 Å². The van der Waals surface area contributed by atoms with Gasteiger partial charge in [-0.25, -0.2) is 0 Å². The minimum absolute atomic E-state index is 0.00520. The molecule has 5 rings (SSSR count). The molecule has 0 spiro atoms. The van der Waals surface area contributed by atoms with Gasteiger partial charge in [0.2, 0.25) is 0 Å². The van der Waals surface area contributed by atoms with Crippen molar-refractivity contribution in [2.75, 3.05) is 6.61 Å². The normalized spacial score (nSPS) is 21.7. The molecule has 0 saturated heterocycles. The second kappa shape index (κ2) is 10.1. The third-order valence-electron chi connectivity index (χ3n) is 6.40. The van der Waals surface area contributed by atoms with E-state index in [1.807, 2.05) is 38.1 Å². The number of non-ortho nitro benzene ring substituents is 1. The number of carbonyl (C=O) groups excluding carboxylic acids is 2. The number of aliphatic imine (C=N–C) groups is 2. The van der Waals surface area contributed by atoms with E-state index in [0.29, 0.717) is 6.42 Å². The summed E-state index contributed by atoms with van der Waals surface area (Å²) in [5.41, 5.74) is 1.62. The van der Waals surface area contributed by atoms with Crippen molar-refractivity contribution in [2.45, 2.75) is 52.3 Å². The Morgan fingerprint density at radius 2 is 1.74 bits per heavy atom. The zero-order valence-electron chi connectivity index (χ0n) is 21.6. The van der Waals surface area contributed by atoms with Crippen LogP contribution in [-0.2, 0) is 48.5 Å².